The van der Waals surface area contributed by atoms with Crippen molar-refractivity contribution in [2.45, 2.75) is 4.90 Å². The molecular formula is C20H17ClFN7O2S. The summed E-state index contributed by atoms with van der Waals surface area (Å²) in [6, 6.07) is 12.4. The van der Waals surface area contributed by atoms with Gasteiger partial charge in [0.05, 0.1) is 10.7 Å². The Labute approximate surface area is 188 Å². The predicted molar refractivity (Wildman–Crippen MR) is 117 cm³/mol. The molecule has 2 aromatic carbocycles. The lowest BCUT2D eigenvalue weighted by Gasteiger charge is -2.34. The fraction of sp³-hybridized carbons (Fsp3) is 0.200. The van der Waals surface area contributed by atoms with Crippen LogP contribution in [-0.2, 0) is 10.0 Å². The number of aromatic nitrogens is 5. The Hall–Kier alpha value is -3.15. The van der Waals surface area contributed by atoms with Crippen molar-refractivity contribution in [2.24, 2.45) is 0 Å². The van der Waals surface area contributed by atoms with E-state index in [2.05, 4.69) is 20.3 Å². The summed E-state index contributed by atoms with van der Waals surface area (Å²) >= 11 is 6.11. The second-order valence-electron chi connectivity index (χ2n) is 7.17. The van der Waals surface area contributed by atoms with E-state index in [1.165, 1.54) is 33.5 Å². The fourth-order valence-corrected chi connectivity index (χ4v) is 5.60. The highest BCUT2D eigenvalue weighted by atomic mass is 35.5. The van der Waals surface area contributed by atoms with Crippen LogP contribution in [0.2, 0.25) is 5.02 Å². The Morgan fingerprint density at radius 1 is 0.969 bits per heavy atom. The van der Waals surface area contributed by atoms with Gasteiger partial charge in [0.1, 0.15) is 17.0 Å². The molecule has 32 heavy (non-hydrogen) atoms. The van der Waals surface area contributed by atoms with Gasteiger partial charge in [0, 0.05) is 26.2 Å². The molecule has 1 aliphatic heterocycles. The van der Waals surface area contributed by atoms with Gasteiger partial charge >= 0.3 is 0 Å². The van der Waals surface area contributed by atoms with Gasteiger partial charge in [-0.2, -0.15) is 8.99 Å². The van der Waals surface area contributed by atoms with Crippen LogP contribution in [0.4, 0.5) is 10.2 Å². The molecule has 0 bridgehead atoms. The highest BCUT2D eigenvalue weighted by molar-refractivity contribution is 7.89. The molecular weight excluding hydrogens is 457 g/mol. The molecule has 2 aromatic heterocycles. The lowest BCUT2D eigenvalue weighted by Crippen LogP contribution is -2.49. The quantitative estimate of drug-likeness (QED) is 0.449. The zero-order valence-electron chi connectivity index (χ0n) is 16.6. The molecule has 0 radical (unpaired) electrons. The average Bonchev–Trinajstić information content (AvgIpc) is 3.24. The molecule has 0 atom stereocenters. The van der Waals surface area contributed by atoms with Crippen LogP contribution in [0.5, 0.6) is 0 Å². The minimum Gasteiger partial charge on any atom is -0.352 e. The lowest BCUT2D eigenvalue weighted by atomic mass is 10.3. The number of benzene rings is 2. The first-order chi connectivity index (χ1) is 15.4. The van der Waals surface area contributed by atoms with E-state index >= 15 is 0 Å². The summed E-state index contributed by atoms with van der Waals surface area (Å²) < 4.78 is 42.5. The monoisotopic (exact) mass is 473 g/mol. The summed E-state index contributed by atoms with van der Waals surface area (Å²) in [4.78, 5) is 10.6. The molecule has 0 amide bonds. The van der Waals surface area contributed by atoms with Crippen molar-refractivity contribution in [1.82, 2.24) is 29.3 Å². The van der Waals surface area contributed by atoms with Gasteiger partial charge in [0.25, 0.3) is 0 Å². The van der Waals surface area contributed by atoms with Crippen LogP contribution in [0.1, 0.15) is 0 Å². The molecule has 0 unspecified atom stereocenters. The van der Waals surface area contributed by atoms with Gasteiger partial charge in [-0.15, -0.1) is 5.10 Å². The summed E-state index contributed by atoms with van der Waals surface area (Å²) in [5, 5.41) is 8.51. The first kappa shape index (κ1) is 20.7. The Bertz CT molecular complexity index is 1400. The van der Waals surface area contributed by atoms with E-state index in [-0.39, 0.29) is 23.0 Å². The second kappa shape index (κ2) is 8.08. The van der Waals surface area contributed by atoms with Crippen LogP contribution < -0.4 is 4.90 Å². The van der Waals surface area contributed by atoms with Crippen molar-refractivity contribution in [1.29, 1.82) is 0 Å². The number of fused-ring (bicyclic) bond motifs is 1. The average molecular weight is 474 g/mol. The van der Waals surface area contributed by atoms with Gasteiger partial charge in [0.2, 0.25) is 10.0 Å². The number of sulfonamides is 1. The van der Waals surface area contributed by atoms with E-state index in [9.17, 15) is 12.8 Å². The number of anilines is 1. The smallest absolute Gasteiger partial charge is 0.244 e. The van der Waals surface area contributed by atoms with Crippen LogP contribution >= 0.6 is 11.6 Å². The first-order valence-corrected chi connectivity index (χ1v) is 11.6. The highest BCUT2D eigenvalue weighted by Gasteiger charge is 2.31. The van der Waals surface area contributed by atoms with Crippen molar-refractivity contribution in [3.8, 4) is 5.69 Å². The van der Waals surface area contributed by atoms with Gasteiger partial charge in [-0.1, -0.05) is 35.0 Å². The van der Waals surface area contributed by atoms with E-state index in [0.29, 0.717) is 35.8 Å². The van der Waals surface area contributed by atoms with E-state index in [1.54, 1.807) is 30.3 Å². The van der Waals surface area contributed by atoms with Gasteiger partial charge in [-0.25, -0.2) is 22.8 Å². The SMILES string of the molecule is O=S(=O)(c1ccccc1Cl)N1CCN(c2ncnc3c2nnn3-c2cccc(F)c2)CC1. The third kappa shape index (κ3) is 3.57. The zero-order valence-corrected chi connectivity index (χ0v) is 18.2. The Balaban J connectivity index is 1.41. The molecule has 5 rings (SSSR count). The molecule has 1 aliphatic rings. The maximum atomic E-state index is 13.6. The first-order valence-electron chi connectivity index (χ1n) is 9.77. The summed E-state index contributed by atoms with van der Waals surface area (Å²) in [5.41, 5.74) is 1.39. The number of nitrogens with zero attached hydrogens (tertiary/aromatic N) is 7. The van der Waals surface area contributed by atoms with Gasteiger partial charge in [-0.05, 0) is 30.3 Å². The molecule has 0 saturated carbocycles. The summed E-state index contributed by atoms with van der Waals surface area (Å²) in [7, 11) is -3.70. The fourth-order valence-electron chi connectivity index (χ4n) is 3.68. The van der Waals surface area contributed by atoms with E-state index in [1.807, 2.05) is 4.90 Å². The predicted octanol–water partition coefficient (Wildman–Crippen LogP) is 2.51. The minimum atomic E-state index is -3.70. The van der Waals surface area contributed by atoms with Gasteiger partial charge < -0.3 is 4.90 Å². The molecule has 0 spiro atoms. The maximum absolute atomic E-state index is 13.6. The third-order valence-electron chi connectivity index (χ3n) is 5.26. The third-order valence-corrected chi connectivity index (χ3v) is 7.66. The summed E-state index contributed by atoms with van der Waals surface area (Å²) in [6.45, 7) is 1.33. The van der Waals surface area contributed by atoms with Crippen LogP contribution in [0.3, 0.4) is 0 Å². The number of rotatable bonds is 4. The maximum Gasteiger partial charge on any atom is 0.244 e. The van der Waals surface area contributed by atoms with Gasteiger partial charge in [-0.3, -0.25) is 0 Å². The normalized spacial score (nSPS) is 15.4. The van der Waals surface area contributed by atoms with Crippen molar-refractivity contribution < 1.29 is 12.8 Å². The molecule has 9 nitrogen and oxygen atoms in total. The van der Waals surface area contributed by atoms with Crippen LogP contribution in [-0.4, -0.2) is 63.9 Å². The number of piperazine rings is 1. The van der Waals surface area contributed by atoms with Crippen LogP contribution in [0.25, 0.3) is 16.9 Å². The van der Waals surface area contributed by atoms with Crippen LogP contribution in [0.15, 0.2) is 59.8 Å². The summed E-state index contributed by atoms with van der Waals surface area (Å²) in [6.07, 6.45) is 1.39. The number of hydrogen-bond donors (Lipinski definition) is 0. The molecule has 3 heterocycles. The number of hydrogen-bond acceptors (Lipinski definition) is 7. The molecule has 1 saturated heterocycles. The van der Waals surface area contributed by atoms with E-state index < -0.39 is 15.8 Å². The van der Waals surface area contributed by atoms with E-state index in [0.717, 1.165) is 0 Å². The lowest BCUT2D eigenvalue weighted by molar-refractivity contribution is 0.384. The van der Waals surface area contributed by atoms with Crippen molar-refractivity contribution in [2.75, 3.05) is 31.1 Å². The summed E-state index contributed by atoms with van der Waals surface area (Å²) in [5.74, 6) is 0.156. The standard InChI is InChI=1S/C20H17ClFN7O2S/c21-16-6-1-2-7-17(16)32(30,31)28-10-8-27(9-11-28)19-18-20(24-13-23-19)29(26-25-18)15-5-3-4-14(22)12-15/h1-7,12-13H,8-11H2. The van der Waals surface area contributed by atoms with Gasteiger partial charge in [0.15, 0.2) is 17.0 Å². The molecule has 4 aromatic rings. The molecule has 164 valence electrons. The number of halogens is 2. The zero-order chi connectivity index (χ0) is 22.3. The molecule has 12 heteroatoms. The minimum absolute atomic E-state index is 0.0950. The van der Waals surface area contributed by atoms with Crippen molar-refractivity contribution in [3.05, 3.63) is 65.7 Å². The second-order valence-corrected chi connectivity index (χ2v) is 9.49. The Morgan fingerprint density at radius 3 is 2.50 bits per heavy atom. The Morgan fingerprint density at radius 2 is 1.75 bits per heavy atom. The van der Waals surface area contributed by atoms with Crippen LogP contribution in [0, 0.1) is 5.82 Å². The van der Waals surface area contributed by atoms with Crippen molar-refractivity contribution in [3.63, 3.8) is 0 Å². The largest absolute Gasteiger partial charge is 0.352 e. The van der Waals surface area contributed by atoms with E-state index in [4.69, 9.17) is 11.6 Å². The Kier molecular flexibility index (Phi) is 5.24. The highest BCUT2D eigenvalue weighted by Crippen LogP contribution is 2.27. The topological polar surface area (TPSA) is 97.1 Å². The van der Waals surface area contributed by atoms with Crippen molar-refractivity contribution >= 4 is 38.6 Å². The molecule has 0 N–H and O–H groups in total. The molecule has 1 fully saturated rings. The molecule has 0 aliphatic carbocycles.